The zero-order valence-corrected chi connectivity index (χ0v) is 29.9. The second kappa shape index (κ2) is 14.9. The second-order valence-corrected chi connectivity index (χ2v) is 10.5. The normalized spacial score (nSPS) is 10.8. The number of pyridine rings is 2. The average molecular weight is 1040 g/mol. The van der Waals surface area contributed by atoms with Crippen molar-refractivity contribution in [3.05, 3.63) is 145 Å². The number of hydrogen-bond acceptors (Lipinski definition) is 7. The van der Waals surface area contributed by atoms with Crippen LogP contribution in [-0.2, 0) is 42.1 Å². The zero-order valence-electron chi connectivity index (χ0n) is 25.4. The van der Waals surface area contributed by atoms with E-state index in [9.17, 15) is 17.6 Å². The molecule has 0 radical (unpaired) electrons. The Kier molecular flexibility index (Phi) is 10.4. The van der Waals surface area contributed by atoms with Crippen molar-refractivity contribution in [1.82, 2.24) is 29.5 Å². The van der Waals surface area contributed by atoms with Crippen LogP contribution in [0.15, 0.2) is 97.6 Å². The molecule has 0 aliphatic rings. The number of fused-ring (bicyclic) bond motifs is 3. The molecule has 4 aromatic heterocycles. The van der Waals surface area contributed by atoms with Gasteiger partial charge in [0.05, 0.1) is 0 Å². The Bertz CT molecular complexity index is 2340. The van der Waals surface area contributed by atoms with Crippen LogP contribution in [0.5, 0.6) is 23.0 Å². The minimum atomic E-state index is -0.950. The van der Waals surface area contributed by atoms with Gasteiger partial charge in [0.1, 0.15) is 24.3 Å². The number of rotatable bonds is 7. The van der Waals surface area contributed by atoms with E-state index in [4.69, 9.17) is 9.47 Å². The molecule has 0 atom stereocenters. The molecule has 51 heavy (non-hydrogen) atoms. The van der Waals surface area contributed by atoms with E-state index in [-0.39, 0.29) is 71.0 Å². The summed E-state index contributed by atoms with van der Waals surface area (Å²) in [6.07, 6.45) is 2.71. The van der Waals surface area contributed by atoms with Gasteiger partial charge in [0.2, 0.25) is 17.8 Å². The first-order valence-electron chi connectivity index (χ1n) is 14.5. The predicted molar refractivity (Wildman–Crippen MR) is 169 cm³/mol. The summed E-state index contributed by atoms with van der Waals surface area (Å²) in [5, 5.41) is 1.55. The van der Waals surface area contributed by atoms with Gasteiger partial charge in [0.25, 0.3) is 0 Å². The molecule has 14 heteroatoms. The summed E-state index contributed by atoms with van der Waals surface area (Å²) in [5.41, 5.74) is 1.89. The predicted octanol–water partition coefficient (Wildman–Crippen LogP) is 8.43. The fourth-order valence-corrected chi connectivity index (χ4v) is 5.25. The molecule has 0 fully saturated rings. The van der Waals surface area contributed by atoms with Crippen LogP contribution < -0.4 is 9.47 Å². The van der Waals surface area contributed by atoms with E-state index >= 15 is 0 Å². The molecule has 0 bridgehead atoms. The molecule has 0 spiro atoms. The maximum Gasteiger partial charge on any atom is 2.00 e. The number of halogens is 4. The Morgan fingerprint density at radius 2 is 0.980 bits per heavy atom. The number of nitrogens with zero attached hydrogens (tertiary/aromatic N) is 6. The standard InChI is InChI=1S/C37H16F4N6O2.2Pt/c38-23-13-31(45-35(40)15-23)21-3-1-5-25(11-21)48-27-7-9-29-30-10-8-28(18-34(30)47(33(29)17-27)37-43-19-42-20-44-37)49-26-6-2-4-22(12-26)32-14-24(39)16-36(41)46-32;;/h1-10,13-16,19-20H;;/q-4;2*+2. The van der Waals surface area contributed by atoms with Crippen molar-refractivity contribution in [3.63, 3.8) is 0 Å². The van der Waals surface area contributed by atoms with Crippen LogP contribution in [0.3, 0.4) is 0 Å². The number of aromatic nitrogens is 6. The first-order valence-corrected chi connectivity index (χ1v) is 14.5. The Hall–Kier alpha value is -5.31. The number of hydrogen-bond donors (Lipinski definition) is 0. The van der Waals surface area contributed by atoms with E-state index in [1.807, 2.05) is 12.1 Å². The molecule has 0 N–H and O–H groups in total. The van der Waals surface area contributed by atoms with Gasteiger partial charge in [-0.1, -0.05) is 23.2 Å². The number of ether oxygens (including phenoxy) is 2. The van der Waals surface area contributed by atoms with E-state index in [2.05, 4.69) is 49.2 Å². The smallest absolute Gasteiger partial charge is 0.503 e. The second-order valence-electron chi connectivity index (χ2n) is 10.5. The van der Waals surface area contributed by atoms with Crippen LogP contribution in [0.2, 0.25) is 0 Å². The van der Waals surface area contributed by atoms with Crippen molar-refractivity contribution < 1.29 is 69.2 Å². The van der Waals surface area contributed by atoms with Gasteiger partial charge in [0, 0.05) is 35.1 Å². The maximum absolute atomic E-state index is 13.8. The largest absolute Gasteiger partial charge is 2.00 e. The topological polar surface area (TPSA) is 87.8 Å². The van der Waals surface area contributed by atoms with Crippen molar-refractivity contribution in [2.75, 3.05) is 0 Å². The van der Waals surface area contributed by atoms with E-state index in [1.165, 1.54) is 12.7 Å². The molecular formula is C37H16F4N6O2Pt2. The van der Waals surface area contributed by atoms with Crippen LogP contribution in [0.25, 0.3) is 50.3 Å². The summed E-state index contributed by atoms with van der Waals surface area (Å²) in [5.74, 6) is -2.01. The molecule has 4 heterocycles. The zero-order chi connectivity index (χ0) is 33.5. The van der Waals surface area contributed by atoms with Crippen LogP contribution >= 0.6 is 0 Å². The van der Waals surface area contributed by atoms with Gasteiger partial charge in [0.15, 0.2) is 0 Å². The molecule has 0 aliphatic heterocycles. The van der Waals surface area contributed by atoms with Crippen LogP contribution in [0.1, 0.15) is 0 Å². The third-order valence-corrected chi connectivity index (χ3v) is 7.26. The van der Waals surface area contributed by atoms with Gasteiger partial charge in [-0.3, -0.25) is 9.97 Å². The quantitative estimate of drug-likeness (QED) is 0.0901. The van der Waals surface area contributed by atoms with Gasteiger partial charge in [-0.15, -0.1) is 71.8 Å². The Balaban J connectivity index is 0.00000224. The van der Waals surface area contributed by atoms with Gasteiger partial charge in [-0.25, -0.2) is 23.7 Å². The summed E-state index contributed by atoms with van der Waals surface area (Å²) in [4.78, 5) is 20.1. The molecule has 0 amide bonds. The van der Waals surface area contributed by atoms with Crippen molar-refractivity contribution in [2.24, 2.45) is 0 Å². The third-order valence-electron chi connectivity index (χ3n) is 7.26. The van der Waals surface area contributed by atoms with Gasteiger partial charge >= 0.3 is 42.1 Å². The summed E-state index contributed by atoms with van der Waals surface area (Å²) < 4.78 is 69.0. The SMILES string of the molecule is Fc1cc(F)nc(-c2[c-]c(Oc3[c-]c4c(cc3)c3ccc(Oc5[c-]c(-c6cc(F)cc(F)n6)ccc5)[c-]c3n4-c3ncncn3)ccc2)c1.[Pt+2].[Pt+2]. The molecule has 0 unspecified atom stereocenters. The first kappa shape index (κ1) is 35.5. The number of benzene rings is 4. The summed E-state index contributed by atoms with van der Waals surface area (Å²) in [6.45, 7) is 0. The minimum Gasteiger partial charge on any atom is -0.503 e. The molecule has 0 saturated carbocycles. The van der Waals surface area contributed by atoms with Gasteiger partial charge in [-0.2, -0.15) is 31.7 Å². The van der Waals surface area contributed by atoms with Crippen LogP contribution in [0.4, 0.5) is 17.6 Å². The molecule has 8 rings (SSSR count). The van der Waals surface area contributed by atoms with E-state index in [1.54, 1.807) is 53.1 Å². The molecular weight excluding hydrogens is 1030 g/mol. The Morgan fingerprint density at radius 1 is 0.529 bits per heavy atom. The van der Waals surface area contributed by atoms with Crippen molar-refractivity contribution in [1.29, 1.82) is 0 Å². The molecule has 4 aromatic carbocycles. The molecule has 0 saturated heterocycles. The minimum absolute atomic E-state index is 0. The summed E-state index contributed by atoms with van der Waals surface area (Å²) in [6, 6.07) is 33.0. The molecule has 8 nitrogen and oxygen atoms in total. The van der Waals surface area contributed by atoms with Crippen molar-refractivity contribution >= 4 is 21.8 Å². The molecule has 254 valence electrons. The van der Waals surface area contributed by atoms with Crippen molar-refractivity contribution in [2.45, 2.75) is 0 Å². The van der Waals surface area contributed by atoms with E-state index < -0.39 is 23.5 Å². The Morgan fingerprint density at radius 3 is 1.43 bits per heavy atom. The fourth-order valence-electron chi connectivity index (χ4n) is 5.25. The summed E-state index contributed by atoms with van der Waals surface area (Å²) >= 11 is 0. The van der Waals surface area contributed by atoms with Crippen molar-refractivity contribution in [3.8, 4) is 51.5 Å². The van der Waals surface area contributed by atoms with Gasteiger partial charge < -0.3 is 14.0 Å². The molecule has 8 aromatic rings. The first-order chi connectivity index (χ1) is 23.9. The monoisotopic (exact) mass is 1040 g/mol. The van der Waals surface area contributed by atoms with E-state index in [0.29, 0.717) is 45.8 Å². The molecule has 0 aliphatic carbocycles. The maximum atomic E-state index is 13.8. The third kappa shape index (κ3) is 7.43. The Labute approximate surface area is 315 Å². The fraction of sp³-hybridized carbons (Fsp3) is 0. The van der Waals surface area contributed by atoms with Gasteiger partial charge in [-0.05, 0) is 23.5 Å². The van der Waals surface area contributed by atoms with E-state index in [0.717, 1.165) is 22.9 Å². The summed E-state index contributed by atoms with van der Waals surface area (Å²) in [7, 11) is 0. The average Bonchev–Trinajstić information content (AvgIpc) is 3.41. The van der Waals surface area contributed by atoms with Crippen LogP contribution in [-0.4, -0.2) is 29.5 Å². The van der Waals surface area contributed by atoms with Crippen LogP contribution in [0, 0.1) is 47.8 Å².